The van der Waals surface area contributed by atoms with E-state index in [4.69, 9.17) is 14.0 Å². The number of ether oxygens (including phenoxy) is 2. The van der Waals surface area contributed by atoms with Gasteiger partial charge in [-0.05, 0) is 13.8 Å². The van der Waals surface area contributed by atoms with Gasteiger partial charge in [-0.15, -0.1) is 0 Å². The molecule has 0 heterocycles. The third-order valence-electron chi connectivity index (χ3n) is 3.14. The number of phosphoric acid groups is 1. The van der Waals surface area contributed by atoms with Gasteiger partial charge in [-0.3, -0.25) is 4.57 Å². The molecule has 0 radical (unpaired) electrons. The van der Waals surface area contributed by atoms with E-state index in [0.717, 1.165) is 0 Å². The molecule has 1 unspecified atom stereocenters. The molecule has 0 fully saturated rings. The SMILES string of the molecule is C=C(C)C(=O)OCCOP(=O)([O-])OCC[N+](C)(C)CCOC(=O)C(=C)C. The topological polar surface area (TPSA) is 111 Å². The van der Waals surface area contributed by atoms with Crippen molar-refractivity contribution in [3.8, 4) is 0 Å². The number of rotatable bonds is 13. The molecule has 0 rings (SSSR count). The van der Waals surface area contributed by atoms with Crippen LogP contribution in [0.3, 0.4) is 0 Å². The van der Waals surface area contributed by atoms with Crippen molar-refractivity contribution in [1.29, 1.82) is 0 Å². The van der Waals surface area contributed by atoms with Gasteiger partial charge in [0.1, 0.15) is 32.9 Å². The monoisotopic (exact) mass is 393 g/mol. The summed E-state index contributed by atoms with van der Waals surface area (Å²) in [6.45, 7) is 10.3. The van der Waals surface area contributed by atoms with Gasteiger partial charge in [0, 0.05) is 11.1 Å². The normalized spacial score (nSPS) is 13.6. The van der Waals surface area contributed by atoms with Gasteiger partial charge in [-0.1, -0.05) is 13.2 Å². The molecule has 0 aromatic carbocycles. The summed E-state index contributed by atoms with van der Waals surface area (Å²) in [5.41, 5.74) is 0.525. The van der Waals surface area contributed by atoms with Crippen molar-refractivity contribution in [1.82, 2.24) is 0 Å². The van der Waals surface area contributed by atoms with Gasteiger partial charge in [0.15, 0.2) is 0 Å². The standard InChI is InChI=1S/C16H28NO8P/c1-13(2)15(18)22-9-7-17(5,6)8-10-24-26(20,21)25-12-11-23-16(19)14(3)4/h1,3,7-12H2,2,4-6H3. The minimum Gasteiger partial charge on any atom is -0.756 e. The molecule has 10 heteroatoms. The Hall–Kier alpha value is -1.51. The molecule has 0 amide bonds. The predicted octanol–water partition coefficient (Wildman–Crippen LogP) is 0.803. The third-order valence-corrected chi connectivity index (χ3v) is 4.14. The van der Waals surface area contributed by atoms with Crippen molar-refractivity contribution in [3.63, 3.8) is 0 Å². The van der Waals surface area contributed by atoms with Crippen LogP contribution in [0, 0.1) is 0 Å². The Morgan fingerprint density at radius 2 is 1.31 bits per heavy atom. The van der Waals surface area contributed by atoms with Crippen molar-refractivity contribution in [2.24, 2.45) is 0 Å². The highest BCUT2D eigenvalue weighted by Crippen LogP contribution is 2.37. The molecule has 0 aromatic rings. The molecule has 0 aliphatic rings. The highest BCUT2D eigenvalue weighted by Gasteiger charge is 2.18. The number of hydrogen-bond acceptors (Lipinski definition) is 8. The zero-order valence-corrected chi connectivity index (χ0v) is 16.7. The first-order valence-corrected chi connectivity index (χ1v) is 9.40. The third kappa shape index (κ3) is 11.9. The molecular formula is C16H28NO8P. The maximum Gasteiger partial charge on any atom is 0.333 e. The summed E-state index contributed by atoms with van der Waals surface area (Å²) >= 11 is 0. The summed E-state index contributed by atoms with van der Waals surface area (Å²) in [6.07, 6.45) is 0. The van der Waals surface area contributed by atoms with Crippen LogP contribution >= 0.6 is 7.82 Å². The Bertz CT molecular complexity index is 573. The smallest absolute Gasteiger partial charge is 0.333 e. The van der Waals surface area contributed by atoms with Crippen LogP contribution in [-0.4, -0.2) is 70.0 Å². The van der Waals surface area contributed by atoms with E-state index in [-0.39, 0.29) is 32.0 Å². The fourth-order valence-corrected chi connectivity index (χ4v) is 2.14. The molecule has 0 bridgehead atoms. The molecule has 0 saturated heterocycles. The number of hydrogen-bond donors (Lipinski definition) is 0. The zero-order chi connectivity index (χ0) is 20.4. The van der Waals surface area contributed by atoms with Gasteiger partial charge in [0.25, 0.3) is 7.82 Å². The highest BCUT2D eigenvalue weighted by atomic mass is 31.2. The number of likely N-dealkylation sites (N-methyl/N-ethyl adjacent to an activating group) is 1. The molecular weight excluding hydrogens is 365 g/mol. The minimum atomic E-state index is -4.49. The first-order chi connectivity index (χ1) is 11.9. The lowest BCUT2D eigenvalue weighted by Crippen LogP contribution is -2.45. The molecule has 0 aromatic heterocycles. The lowest BCUT2D eigenvalue weighted by Gasteiger charge is -2.31. The quantitative estimate of drug-likeness (QED) is 0.149. The van der Waals surface area contributed by atoms with Crippen molar-refractivity contribution >= 4 is 19.8 Å². The first kappa shape index (κ1) is 24.5. The van der Waals surface area contributed by atoms with Crippen LogP contribution in [0.15, 0.2) is 24.3 Å². The second-order valence-electron chi connectivity index (χ2n) is 6.33. The van der Waals surface area contributed by atoms with Gasteiger partial charge in [0.2, 0.25) is 0 Å². The van der Waals surface area contributed by atoms with Crippen molar-refractivity contribution in [2.45, 2.75) is 13.8 Å². The number of carbonyl (C=O) groups is 2. The highest BCUT2D eigenvalue weighted by molar-refractivity contribution is 7.45. The van der Waals surface area contributed by atoms with Crippen molar-refractivity contribution < 1.29 is 42.1 Å². The summed E-state index contributed by atoms with van der Waals surface area (Å²) in [7, 11) is -0.810. The van der Waals surface area contributed by atoms with Crippen LogP contribution in [0.4, 0.5) is 0 Å². The van der Waals surface area contributed by atoms with E-state index >= 15 is 0 Å². The van der Waals surface area contributed by atoms with Gasteiger partial charge < -0.3 is 27.9 Å². The fourth-order valence-electron chi connectivity index (χ4n) is 1.46. The molecule has 26 heavy (non-hydrogen) atoms. The number of carbonyl (C=O) groups excluding carboxylic acids is 2. The van der Waals surface area contributed by atoms with Crippen molar-refractivity contribution in [2.75, 3.05) is 53.6 Å². The van der Waals surface area contributed by atoms with E-state index < -0.39 is 19.8 Å². The summed E-state index contributed by atoms with van der Waals surface area (Å²) in [5.74, 6) is -1.09. The van der Waals surface area contributed by atoms with E-state index in [1.165, 1.54) is 6.92 Å². The summed E-state index contributed by atoms with van der Waals surface area (Å²) in [6, 6.07) is 0. The molecule has 0 spiro atoms. The Labute approximate surface area is 154 Å². The van der Waals surface area contributed by atoms with E-state index in [1.54, 1.807) is 6.92 Å². The van der Waals surface area contributed by atoms with Crippen LogP contribution in [0.5, 0.6) is 0 Å². The molecule has 0 aliphatic carbocycles. The van der Waals surface area contributed by atoms with Crippen molar-refractivity contribution in [3.05, 3.63) is 24.3 Å². The Kier molecular flexibility index (Phi) is 10.6. The number of quaternary nitrogens is 1. The number of esters is 2. The maximum atomic E-state index is 11.6. The molecule has 1 atom stereocenters. The van der Waals surface area contributed by atoms with Crippen LogP contribution in [0.2, 0.25) is 0 Å². The van der Waals surface area contributed by atoms with Gasteiger partial charge >= 0.3 is 11.9 Å². The fraction of sp³-hybridized carbons (Fsp3) is 0.625. The van der Waals surface area contributed by atoms with Gasteiger partial charge in [-0.25, -0.2) is 9.59 Å². The molecule has 0 aliphatic heterocycles. The van der Waals surface area contributed by atoms with Gasteiger partial charge in [0.05, 0.1) is 20.7 Å². The van der Waals surface area contributed by atoms with Crippen LogP contribution in [-0.2, 0) is 32.7 Å². The Morgan fingerprint density at radius 3 is 1.81 bits per heavy atom. The minimum absolute atomic E-state index is 0.103. The lowest BCUT2D eigenvalue weighted by molar-refractivity contribution is -0.890. The molecule has 0 N–H and O–H groups in total. The molecule has 150 valence electrons. The summed E-state index contributed by atoms with van der Waals surface area (Å²) < 4.78 is 31.1. The van der Waals surface area contributed by atoms with E-state index in [1.807, 2.05) is 14.1 Å². The van der Waals surface area contributed by atoms with E-state index in [0.29, 0.717) is 23.1 Å². The Morgan fingerprint density at radius 1 is 0.885 bits per heavy atom. The largest absolute Gasteiger partial charge is 0.756 e. The lowest BCUT2D eigenvalue weighted by atomic mass is 10.4. The van der Waals surface area contributed by atoms with Gasteiger partial charge in [-0.2, -0.15) is 0 Å². The second kappa shape index (κ2) is 11.3. The number of nitrogens with zero attached hydrogens (tertiary/aromatic N) is 1. The molecule has 0 saturated carbocycles. The Balaban J connectivity index is 4.04. The van der Waals surface area contributed by atoms with E-state index in [9.17, 15) is 19.0 Å². The van der Waals surface area contributed by atoms with Crippen LogP contribution in [0.1, 0.15) is 13.8 Å². The summed E-state index contributed by atoms with van der Waals surface area (Å²) in [4.78, 5) is 34.0. The summed E-state index contributed by atoms with van der Waals surface area (Å²) in [5, 5.41) is 0. The van der Waals surface area contributed by atoms with Crippen LogP contribution < -0.4 is 4.89 Å². The number of phosphoric ester groups is 1. The average molecular weight is 393 g/mol. The van der Waals surface area contributed by atoms with E-state index in [2.05, 4.69) is 17.7 Å². The first-order valence-electron chi connectivity index (χ1n) is 7.94. The predicted molar refractivity (Wildman–Crippen MR) is 92.9 cm³/mol. The maximum absolute atomic E-state index is 11.6. The van der Waals surface area contributed by atoms with Crippen LogP contribution in [0.25, 0.3) is 0 Å². The second-order valence-corrected chi connectivity index (χ2v) is 7.74. The zero-order valence-electron chi connectivity index (χ0n) is 15.8. The molecule has 9 nitrogen and oxygen atoms in total. The average Bonchev–Trinajstić information content (AvgIpc) is 2.50.